The smallest absolute Gasteiger partial charge is 0.211 e. The van der Waals surface area contributed by atoms with E-state index >= 15 is 0 Å². The normalized spacial score (nSPS) is 18.6. The molecule has 118 valence electrons. The van der Waals surface area contributed by atoms with Crippen LogP contribution in [0.25, 0.3) is 0 Å². The van der Waals surface area contributed by atoms with E-state index in [4.69, 9.17) is 4.74 Å². The van der Waals surface area contributed by atoms with Crippen LogP contribution in [0.3, 0.4) is 0 Å². The quantitative estimate of drug-likeness (QED) is 0.891. The van der Waals surface area contributed by atoms with Gasteiger partial charge in [-0.3, -0.25) is 0 Å². The predicted molar refractivity (Wildman–Crippen MR) is 82.3 cm³/mol. The Morgan fingerprint density at radius 1 is 1.24 bits per heavy atom. The van der Waals surface area contributed by atoms with Gasteiger partial charge in [0.1, 0.15) is 5.75 Å². The zero-order valence-electron chi connectivity index (χ0n) is 12.6. The molecule has 2 rings (SSSR count). The molecule has 1 saturated heterocycles. The molecule has 1 fully saturated rings. The number of ether oxygens (including phenoxy) is 1. The van der Waals surface area contributed by atoms with E-state index in [1.54, 1.807) is 14.0 Å². The van der Waals surface area contributed by atoms with E-state index in [9.17, 15) is 13.5 Å². The lowest BCUT2D eigenvalue weighted by atomic mass is 10.1. The Morgan fingerprint density at radius 3 is 2.33 bits per heavy atom. The number of anilines is 1. The molecule has 1 heterocycles. The van der Waals surface area contributed by atoms with E-state index in [-0.39, 0.29) is 0 Å². The molecule has 0 bridgehead atoms. The fourth-order valence-corrected chi connectivity index (χ4v) is 3.49. The Kier molecular flexibility index (Phi) is 4.75. The number of aliphatic hydroxyl groups excluding tert-OH is 1. The van der Waals surface area contributed by atoms with Crippen LogP contribution in [-0.2, 0) is 10.0 Å². The third kappa shape index (κ3) is 3.48. The molecule has 0 aromatic heterocycles. The molecule has 1 aromatic carbocycles. The maximum Gasteiger partial charge on any atom is 0.211 e. The van der Waals surface area contributed by atoms with Crippen molar-refractivity contribution in [3.05, 3.63) is 23.8 Å². The van der Waals surface area contributed by atoms with E-state index in [1.165, 1.54) is 10.6 Å². The van der Waals surface area contributed by atoms with E-state index in [0.29, 0.717) is 31.9 Å². The van der Waals surface area contributed by atoms with Crippen LogP contribution in [0.4, 0.5) is 5.69 Å². The van der Waals surface area contributed by atoms with Crippen molar-refractivity contribution < 1.29 is 18.3 Å². The molecule has 6 nitrogen and oxygen atoms in total. The van der Waals surface area contributed by atoms with Gasteiger partial charge in [-0.15, -0.1) is 0 Å². The van der Waals surface area contributed by atoms with Gasteiger partial charge in [-0.1, -0.05) is 6.07 Å². The first-order valence-electron chi connectivity index (χ1n) is 6.89. The lowest BCUT2D eigenvalue weighted by Crippen LogP contribution is -2.48. The highest BCUT2D eigenvalue weighted by molar-refractivity contribution is 7.88. The molecule has 1 unspecified atom stereocenters. The predicted octanol–water partition coefficient (Wildman–Crippen LogP) is 0.830. The monoisotopic (exact) mass is 314 g/mol. The molecule has 1 atom stereocenters. The second kappa shape index (κ2) is 6.21. The lowest BCUT2D eigenvalue weighted by molar-refractivity contribution is 0.194. The Balaban J connectivity index is 2.25. The van der Waals surface area contributed by atoms with Crippen LogP contribution in [0.2, 0.25) is 0 Å². The van der Waals surface area contributed by atoms with Crippen LogP contribution in [-0.4, -0.2) is 57.4 Å². The summed E-state index contributed by atoms with van der Waals surface area (Å²) >= 11 is 0. The number of benzene rings is 1. The minimum absolute atomic E-state index is 0.454. The molecule has 1 aliphatic heterocycles. The number of methoxy groups -OCH3 is 1. The van der Waals surface area contributed by atoms with Crippen molar-refractivity contribution in [2.24, 2.45) is 0 Å². The number of rotatable bonds is 4. The summed E-state index contributed by atoms with van der Waals surface area (Å²) in [6, 6.07) is 5.63. The van der Waals surface area contributed by atoms with Crippen LogP contribution in [0.1, 0.15) is 18.6 Å². The first kappa shape index (κ1) is 16.1. The standard InChI is InChI=1S/C14H22N2O4S/c1-11(17)14-12(5-4-6-13(14)20-2)15-7-9-16(10-8-15)21(3,18)19/h4-6,11,17H,7-10H2,1-3H3. The molecule has 0 amide bonds. The number of piperazine rings is 1. The molecular weight excluding hydrogens is 292 g/mol. The fraction of sp³-hybridized carbons (Fsp3) is 0.571. The number of hydrogen-bond acceptors (Lipinski definition) is 5. The van der Waals surface area contributed by atoms with Crippen molar-refractivity contribution in [3.63, 3.8) is 0 Å². The van der Waals surface area contributed by atoms with E-state index in [0.717, 1.165) is 11.3 Å². The SMILES string of the molecule is COc1cccc(N2CCN(S(C)(=O)=O)CC2)c1C(C)O. The summed E-state index contributed by atoms with van der Waals surface area (Å²) < 4.78 is 29.9. The van der Waals surface area contributed by atoms with Gasteiger partial charge in [0.2, 0.25) is 10.0 Å². The van der Waals surface area contributed by atoms with Gasteiger partial charge in [-0.25, -0.2) is 8.42 Å². The summed E-state index contributed by atoms with van der Waals surface area (Å²) in [5.74, 6) is 0.646. The highest BCUT2D eigenvalue weighted by atomic mass is 32.2. The molecule has 1 N–H and O–H groups in total. The topological polar surface area (TPSA) is 70.1 Å². The molecule has 7 heteroatoms. The maximum atomic E-state index is 11.6. The zero-order valence-corrected chi connectivity index (χ0v) is 13.4. The maximum absolute atomic E-state index is 11.6. The van der Waals surface area contributed by atoms with Crippen LogP contribution in [0.5, 0.6) is 5.75 Å². The van der Waals surface area contributed by atoms with Gasteiger partial charge in [0.15, 0.2) is 0 Å². The largest absolute Gasteiger partial charge is 0.496 e. The number of aliphatic hydroxyl groups is 1. The lowest BCUT2D eigenvalue weighted by Gasteiger charge is -2.36. The molecule has 1 aromatic rings. The fourth-order valence-electron chi connectivity index (χ4n) is 2.67. The Labute approximate surface area is 126 Å². The van der Waals surface area contributed by atoms with Crippen LogP contribution in [0, 0.1) is 0 Å². The average molecular weight is 314 g/mol. The van der Waals surface area contributed by atoms with Crippen molar-refractivity contribution in [1.29, 1.82) is 0 Å². The average Bonchev–Trinajstić information content (AvgIpc) is 2.45. The summed E-state index contributed by atoms with van der Waals surface area (Å²) in [6.45, 7) is 3.80. The second-order valence-corrected chi connectivity index (χ2v) is 7.20. The highest BCUT2D eigenvalue weighted by Crippen LogP contribution is 2.35. The van der Waals surface area contributed by atoms with Crippen LogP contribution < -0.4 is 9.64 Å². The van der Waals surface area contributed by atoms with E-state index < -0.39 is 16.1 Å². The number of sulfonamides is 1. The Morgan fingerprint density at radius 2 is 1.86 bits per heavy atom. The van der Waals surface area contributed by atoms with Gasteiger partial charge in [-0.2, -0.15) is 4.31 Å². The van der Waals surface area contributed by atoms with E-state index in [1.807, 2.05) is 18.2 Å². The summed E-state index contributed by atoms with van der Waals surface area (Å²) in [4.78, 5) is 2.09. The Bertz CT molecular complexity index is 593. The van der Waals surface area contributed by atoms with Gasteiger partial charge in [-0.05, 0) is 19.1 Å². The second-order valence-electron chi connectivity index (χ2n) is 5.22. The third-order valence-corrected chi connectivity index (χ3v) is 5.03. The first-order valence-corrected chi connectivity index (χ1v) is 8.74. The number of nitrogens with zero attached hydrogens (tertiary/aromatic N) is 2. The molecule has 0 spiro atoms. The van der Waals surface area contributed by atoms with Crippen molar-refractivity contribution in [3.8, 4) is 5.75 Å². The molecular formula is C14H22N2O4S. The minimum atomic E-state index is -3.14. The van der Waals surface area contributed by atoms with Crippen LogP contribution in [0.15, 0.2) is 18.2 Å². The van der Waals surface area contributed by atoms with Gasteiger partial charge in [0, 0.05) is 37.4 Å². The van der Waals surface area contributed by atoms with Gasteiger partial charge in [0.05, 0.1) is 19.5 Å². The van der Waals surface area contributed by atoms with Gasteiger partial charge < -0.3 is 14.7 Å². The highest BCUT2D eigenvalue weighted by Gasteiger charge is 2.26. The van der Waals surface area contributed by atoms with Crippen molar-refractivity contribution in [2.45, 2.75) is 13.0 Å². The minimum Gasteiger partial charge on any atom is -0.496 e. The number of hydrogen-bond donors (Lipinski definition) is 1. The summed E-state index contributed by atoms with van der Waals surface area (Å²) in [5, 5.41) is 10.0. The summed E-state index contributed by atoms with van der Waals surface area (Å²) in [6.07, 6.45) is 0.583. The third-order valence-electron chi connectivity index (χ3n) is 3.73. The van der Waals surface area contributed by atoms with Gasteiger partial charge in [0.25, 0.3) is 0 Å². The molecule has 0 radical (unpaired) electrons. The van der Waals surface area contributed by atoms with Crippen molar-refractivity contribution in [1.82, 2.24) is 4.31 Å². The molecule has 0 aliphatic carbocycles. The van der Waals surface area contributed by atoms with Crippen molar-refractivity contribution >= 4 is 15.7 Å². The van der Waals surface area contributed by atoms with E-state index in [2.05, 4.69) is 4.90 Å². The van der Waals surface area contributed by atoms with Crippen LogP contribution >= 0.6 is 0 Å². The van der Waals surface area contributed by atoms with Crippen molar-refractivity contribution in [2.75, 3.05) is 44.4 Å². The first-order chi connectivity index (χ1) is 9.84. The summed E-state index contributed by atoms with van der Waals surface area (Å²) in [5.41, 5.74) is 1.64. The molecule has 21 heavy (non-hydrogen) atoms. The molecule has 0 saturated carbocycles. The zero-order chi connectivity index (χ0) is 15.6. The Hall–Kier alpha value is -1.31. The molecule has 1 aliphatic rings. The summed E-state index contributed by atoms with van der Waals surface area (Å²) in [7, 11) is -1.56. The van der Waals surface area contributed by atoms with Gasteiger partial charge >= 0.3 is 0 Å².